The van der Waals surface area contributed by atoms with Crippen LogP contribution in [0.2, 0.25) is 0 Å². The van der Waals surface area contributed by atoms with Gasteiger partial charge in [-0.2, -0.15) is 5.10 Å². The van der Waals surface area contributed by atoms with E-state index in [0.29, 0.717) is 22.6 Å². The van der Waals surface area contributed by atoms with E-state index in [2.05, 4.69) is 5.10 Å². The molecule has 0 amide bonds. The molecule has 3 aromatic rings. The molecule has 3 rings (SSSR count). The summed E-state index contributed by atoms with van der Waals surface area (Å²) in [5.41, 5.74) is 2.12. The molecule has 0 radical (unpaired) electrons. The van der Waals surface area contributed by atoms with Crippen LogP contribution < -0.4 is 14.5 Å². The Hall–Kier alpha value is -3.60. The number of benzene rings is 3. The second-order valence-corrected chi connectivity index (χ2v) is 5.76. The average molecular weight is 360 g/mol. The van der Waals surface area contributed by atoms with Gasteiger partial charge in [0.1, 0.15) is 11.5 Å². The van der Waals surface area contributed by atoms with Crippen LogP contribution in [0.3, 0.4) is 0 Å². The summed E-state index contributed by atoms with van der Waals surface area (Å²) in [5, 5.41) is 6.18. The number of rotatable bonds is 6. The monoisotopic (exact) mass is 360 g/mol. The lowest BCUT2D eigenvalue weighted by Crippen LogP contribution is -2.11. The normalized spacial score (nSPS) is 10.6. The third-order valence-electron chi connectivity index (χ3n) is 3.95. The van der Waals surface area contributed by atoms with Crippen molar-refractivity contribution in [3.8, 4) is 11.5 Å². The van der Waals surface area contributed by atoms with Gasteiger partial charge in [0, 0.05) is 12.6 Å². The summed E-state index contributed by atoms with van der Waals surface area (Å²) in [6, 6.07) is 23.8. The second-order valence-electron chi connectivity index (χ2n) is 5.76. The number of para-hydroxylation sites is 2. The number of methoxy groups -OCH3 is 1. The molecule has 0 fully saturated rings. The van der Waals surface area contributed by atoms with Gasteiger partial charge in [0.2, 0.25) is 0 Å². The van der Waals surface area contributed by atoms with Gasteiger partial charge in [0.05, 0.1) is 24.6 Å². The number of anilines is 1. The minimum absolute atomic E-state index is 0.435. The van der Waals surface area contributed by atoms with Crippen LogP contribution in [-0.4, -0.2) is 26.3 Å². The van der Waals surface area contributed by atoms with Gasteiger partial charge in [-0.15, -0.1) is 0 Å². The molecule has 0 aliphatic carbocycles. The third kappa shape index (κ3) is 4.73. The maximum absolute atomic E-state index is 12.4. The van der Waals surface area contributed by atoms with Crippen LogP contribution in [0.5, 0.6) is 11.5 Å². The quantitative estimate of drug-likeness (QED) is 0.283. The number of nitrogens with zero attached hydrogens (tertiary/aromatic N) is 2. The molecule has 0 spiro atoms. The first-order valence-corrected chi connectivity index (χ1v) is 8.45. The van der Waals surface area contributed by atoms with Gasteiger partial charge in [-0.3, -0.25) is 5.01 Å². The van der Waals surface area contributed by atoms with E-state index in [9.17, 15) is 4.79 Å². The van der Waals surface area contributed by atoms with Crippen molar-refractivity contribution in [1.29, 1.82) is 0 Å². The van der Waals surface area contributed by atoms with Crippen LogP contribution in [-0.2, 0) is 0 Å². The van der Waals surface area contributed by atoms with Crippen molar-refractivity contribution >= 4 is 17.9 Å². The fourth-order valence-electron chi connectivity index (χ4n) is 2.43. The summed E-state index contributed by atoms with van der Waals surface area (Å²) in [6.45, 7) is 0. The summed E-state index contributed by atoms with van der Waals surface area (Å²) in [5.74, 6) is 0.696. The summed E-state index contributed by atoms with van der Waals surface area (Å²) in [4.78, 5) is 12.4. The topological polar surface area (TPSA) is 51.1 Å². The first kappa shape index (κ1) is 18.2. The highest BCUT2D eigenvalue weighted by molar-refractivity contribution is 5.93. The fraction of sp³-hybridized carbons (Fsp3) is 0.0909. The number of hydrazone groups is 1. The molecule has 0 N–H and O–H groups in total. The zero-order valence-electron chi connectivity index (χ0n) is 15.2. The maximum Gasteiger partial charge on any atom is 0.343 e. The van der Waals surface area contributed by atoms with Gasteiger partial charge in [-0.25, -0.2) is 4.79 Å². The SMILES string of the molecule is COc1ccc(C(=O)Oc2ccccc2C=NN(C)c2ccccc2)cc1. The minimum Gasteiger partial charge on any atom is -0.497 e. The molecule has 0 aliphatic rings. The molecular formula is C22H20N2O3. The van der Waals surface area contributed by atoms with Crippen molar-refractivity contribution in [3.63, 3.8) is 0 Å². The van der Waals surface area contributed by atoms with Gasteiger partial charge in [0.25, 0.3) is 0 Å². The lowest BCUT2D eigenvalue weighted by molar-refractivity contribution is 0.0734. The number of ether oxygens (including phenoxy) is 2. The predicted molar refractivity (Wildman–Crippen MR) is 107 cm³/mol. The summed E-state index contributed by atoms with van der Waals surface area (Å²) in [7, 11) is 3.44. The smallest absolute Gasteiger partial charge is 0.343 e. The Kier molecular flexibility index (Phi) is 5.84. The van der Waals surface area contributed by atoms with Crippen molar-refractivity contribution in [3.05, 3.63) is 90.0 Å². The number of esters is 1. The summed E-state index contributed by atoms with van der Waals surface area (Å²) < 4.78 is 10.7. The molecule has 0 saturated heterocycles. The van der Waals surface area contributed by atoms with Crippen LogP contribution in [0.1, 0.15) is 15.9 Å². The Morgan fingerprint density at radius 1 is 0.926 bits per heavy atom. The predicted octanol–water partition coefficient (Wildman–Crippen LogP) is 4.38. The van der Waals surface area contributed by atoms with E-state index in [0.717, 1.165) is 5.69 Å². The van der Waals surface area contributed by atoms with E-state index in [1.165, 1.54) is 0 Å². The van der Waals surface area contributed by atoms with Crippen LogP contribution in [0.4, 0.5) is 5.69 Å². The van der Waals surface area contributed by atoms with Gasteiger partial charge in [0.15, 0.2) is 0 Å². The molecule has 27 heavy (non-hydrogen) atoms. The van der Waals surface area contributed by atoms with Crippen molar-refractivity contribution < 1.29 is 14.3 Å². The number of carbonyl (C=O) groups excluding carboxylic acids is 1. The van der Waals surface area contributed by atoms with Crippen molar-refractivity contribution in [2.45, 2.75) is 0 Å². The Morgan fingerprint density at radius 3 is 2.30 bits per heavy atom. The van der Waals surface area contributed by atoms with E-state index in [4.69, 9.17) is 9.47 Å². The van der Waals surface area contributed by atoms with Crippen molar-refractivity contribution in [2.24, 2.45) is 5.10 Å². The molecule has 0 aromatic heterocycles. The lowest BCUT2D eigenvalue weighted by atomic mass is 10.2. The number of hydrogen-bond acceptors (Lipinski definition) is 5. The Balaban J connectivity index is 1.75. The Morgan fingerprint density at radius 2 is 1.59 bits per heavy atom. The molecule has 136 valence electrons. The summed E-state index contributed by atoms with van der Waals surface area (Å²) >= 11 is 0. The first-order chi connectivity index (χ1) is 13.2. The highest BCUT2D eigenvalue weighted by atomic mass is 16.5. The largest absolute Gasteiger partial charge is 0.497 e. The molecule has 0 bridgehead atoms. The molecule has 5 nitrogen and oxygen atoms in total. The molecule has 5 heteroatoms. The molecule has 0 unspecified atom stereocenters. The van der Waals surface area contributed by atoms with Gasteiger partial charge in [-0.1, -0.05) is 30.3 Å². The van der Waals surface area contributed by atoms with Crippen LogP contribution in [0, 0.1) is 0 Å². The van der Waals surface area contributed by atoms with Crippen molar-refractivity contribution in [1.82, 2.24) is 0 Å². The van der Waals surface area contributed by atoms with E-state index in [1.54, 1.807) is 48.7 Å². The minimum atomic E-state index is -0.435. The standard InChI is InChI=1S/C22H20N2O3/c1-24(19-9-4-3-5-10-19)23-16-18-8-6-7-11-21(18)27-22(25)17-12-14-20(26-2)15-13-17/h3-16H,1-2H3. The molecule has 0 heterocycles. The first-order valence-electron chi connectivity index (χ1n) is 8.45. The van der Waals surface area contributed by atoms with E-state index in [1.807, 2.05) is 55.6 Å². The molecule has 3 aromatic carbocycles. The third-order valence-corrected chi connectivity index (χ3v) is 3.95. The Bertz CT molecular complexity index is 922. The van der Waals surface area contributed by atoms with Gasteiger partial charge < -0.3 is 9.47 Å². The maximum atomic E-state index is 12.4. The van der Waals surface area contributed by atoms with Gasteiger partial charge in [-0.05, 0) is 48.5 Å². The highest BCUT2D eigenvalue weighted by Gasteiger charge is 2.11. The molecular weight excluding hydrogens is 340 g/mol. The average Bonchev–Trinajstić information content (AvgIpc) is 2.73. The Labute approximate surface area is 158 Å². The van der Waals surface area contributed by atoms with E-state index in [-0.39, 0.29) is 0 Å². The van der Waals surface area contributed by atoms with Crippen molar-refractivity contribution in [2.75, 3.05) is 19.2 Å². The number of carbonyl (C=O) groups is 1. The molecule has 0 atom stereocenters. The summed E-state index contributed by atoms with van der Waals surface area (Å²) in [6.07, 6.45) is 1.67. The van der Waals surface area contributed by atoms with E-state index >= 15 is 0 Å². The molecule has 0 saturated carbocycles. The van der Waals surface area contributed by atoms with Crippen LogP contribution in [0.15, 0.2) is 84.0 Å². The highest BCUT2D eigenvalue weighted by Crippen LogP contribution is 2.20. The van der Waals surface area contributed by atoms with Crippen LogP contribution in [0.25, 0.3) is 0 Å². The van der Waals surface area contributed by atoms with Gasteiger partial charge >= 0.3 is 5.97 Å². The van der Waals surface area contributed by atoms with Crippen LogP contribution >= 0.6 is 0 Å². The second kappa shape index (κ2) is 8.67. The van der Waals surface area contributed by atoms with E-state index < -0.39 is 5.97 Å². The zero-order valence-corrected chi connectivity index (χ0v) is 15.2. The number of hydrogen-bond donors (Lipinski definition) is 0. The fourth-order valence-corrected chi connectivity index (χ4v) is 2.43. The zero-order chi connectivity index (χ0) is 19.1. The molecule has 0 aliphatic heterocycles. The lowest BCUT2D eigenvalue weighted by Gasteiger charge is -2.13.